The fraction of sp³-hybridized carbons (Fsp3) is 0.478. The Kier molecular flexibility index (Phi) is 5.90. The van der Waals surface area contributed by atoms with Gasteiger partial charge in [0, 0.05) is 24.3 Å². The monoisotopic (exact) mass is 471 g/mol. The van der Waals surface area contributed by atoms with Crippen molar-refractivity contribution in [1.82, 2.24) is 14.8 Å². The second-order valence-corrected chi connectivity index (χ2v) is 11.9. The molecule has 1 N–H and O–H groups in total. The first-order valence-electron chi connectivity index (χ1n) is 11.0. The van der Waals surface area contributed by atoms with Crippen molar-refractivity contribution in [3.63, 3.8) is 0 Å². The van der Waals surface area contributed by atoms with Crippen LogP contribution in [0.1, 0.15) is 51.3 Å². The highest BCUT2D eigenvalue weighted by atomic mass is 32.2. The van der Waals surface area contributed by atoms with E-state index in [1.807, 2.05) is 58.0 Å². The molecular weight excluding hydrogens is 442 g/mol. The second kappa shape index (κ2) is 8.40. The van der Waals surface area contributed by atoms with Crippen molar-refractivity contribution < 1.29 is 18.0 Å². The van der Waals surface area contributed by atoms with Crippen molar-refractivity contribution >= 4 is 33.2 Å². The predicted molar refractivity (Wildman–Crippen MR) is 126 cm³/mol. The van der Waals surface area contributed by atoms with E-state index in [2.05, 4.69) is 10.4 Å². The minimum absolute atomic E-state index is 0.0315. The summed E-state index contributed by atoms with van der Waals surface area (Å²) in [5.41, 5.74) is 2.67. The molecule has 2 amide bonds. The summed E-state index contributed by atoms with van der Waals surface area (Å²) in [4.78, 5) is 25.5. The van der Waals surface area contributed by atoms with Crippen LogP contribution in [0.3, 0.4) is 0 Å². The van der Waals surface area contributed by atoms with Crippen LogP contribution < -0.4 is 5.32 Å². The van der Waals surface area contributed by atoms with Crippen LogP contribution in [-0.4, -0.2) is 58.3 Å². The van der Waals surface area contributed by atoms with E-state index < -0.39 is 21.8 Å². The van der Waals surface area contributed by atoms with Gasteiger partial charge in [-0.1, -0.05) is 32.9 Å². The first-order chi connectivity index (χ1) is 15.4. The molecule has 2 aromatic rings. The lowest BCUT2D eigenvalue weighted by Gasteiger charge is -2.27. The van der Waals surface area contributed by atoms with Gasteiger partial charge in [-0.3, -0.25) is 9.59 Å². The van der Waals surface area contributed by atoms with Crippen LogP contribution >= 0.6 is 0 Å². The number of hydrogen-bond donors (Lipinski definition) is 1. The molecule has 1 aromatic heterocycles. The molecule has 10 heteroatoms. The Morgan fingerprint density at radius 3 is 2.58 bits per heavy atom. The van der Waals surface area contributed by atoms with E-state index in [4.69, 9.17) is 5.10 Å². The number of anilines is 1. The van der Waals surface area contributed by atoms with Gasteiger partial charge in [0.25, 0.3) is 5.91 Å². The largest absolute Gasteiger partial charge is 0.305 e. The molecule has 1 aromatic carbocycles. The van der Waals surface area contributed by atoms with Gasteiger partial charge >= 0.3 is 0 Å². The van der Waals surface area contributed by atoms with Crippen molar-refractivity contribution in [2.75, 3.05) is 16.8 Å². The summed E-state index contributed by atoms with van der Waals surface area (Å²) in [5, 5.41) is 13.1. The van der Waals surface area contributed by atoms with E-state index in [0.717, 1.165) is 16.9 Å². The molecule has 3 heterocycles. The third-order valence-electron chi connectivity index (χ3n) is 5.84. The Morgan fingerprint density at radius 2 is 1.94 bits per heavy atom. The maximum atomic E-state index is 13.1. The minimum atomic E-state index is -3.18. The summed E-state index contributed by atoms with van der Waals surface area (Å²) in [6.07, 6.45) is 0.653. The zero-order chi connectivity index (χ0) is 24.0. The lowest BCUT2D eigenvalue weighted by molar-refractivity contribution is -0.133. The van der Waals surface area contributed by atoms with E-state index in [1.165, 1.54) is 5.01 Å². The number of amides is 2. The number of rotatable bonds is 4. The van der Waals surface area contributed by atoms with E-state index in [0.29, 0.717) is 12.2 Å². The van der Waals surface area contributed by atoms with Gasteiger partial charge < -0.3 is 5.32 Å². The van der Waals surface area contributed by atoms with Gasteiger partial charge in [0.1, 0.15) is 11.5 Å². The first-order valence-corrected chi connectivity index (χ1v) is 12.8. The molecule has 0 spiro atoms. The molecule has 0 aliphatic carbocycles. The zero-order valence-corrected chi connectivity index (χ0v) is 20.1. The van der Waals surface area contributed by atoms with Crippen LogP contribution in [-0.2, 0) is 24.8 Å². The summed E-state index contributed by atoms with van der Waals surface area (Å²) >= 11 is 0. The van der Waals surface area contributed by atoms with Crippen molar-refractivity contribution in [3.8, 4) is 5.69 Å². The minimum Gasteiger partial charge on any atom is -0.305 e. The fourth-order valence-corrected chi connectivity index (χ4v) is 5.66. The number of sulfone groups is 1. The molecule has 33 heavy (non-hydrogen) atoms. The summed E-state index contributed by atoms with van der Waals surface area (Å²) in [6.45, 7) is 8.13. The van der Waals surface area contributed by atoms with Gasteiger partial charge in [0.05, 0.1) is 28.9 Å². The van der Waals surface area contributed by atoms with Gasteiger partial charge in [-0.05, 0) is 31.0 Å². The maximum absolute atomic E-state index is 13.1. The average Bonchev–Trinajstić information content (AvgIpc) is 3.31. The summed E-state index contributed by atoms with van der Waals surface area (Å²) in [6, 6.07) is 9.14. The molecule has 0 bridgehead atoms. The molecule has 0 unspecified atom stereocenters. The number of nitrogens with zero attached hydrogens (tertiary/aromatic N) is 4. The number of carbonyl (C=O) groups excluding carboxylic acids is 2. The summed E-state index contributed by atoms with van der Waals surface area (Å²) < 4.78 is 25.4. The molecule has 1 saturated heterocycles. The van der Waals surface area contributed by atoms with Crippen molar-refractivity contribution in [2.45, 2.75) is 58.4 Å². The predicted octanol–water partition coefficient (Wildman–Crippen LogP) is 2.58. The SMILES string of the molecule is Cc1cccc(-n2nc(C(C)(C)C)cc2NC(=O)C2=NN([C@@H]3CCS(=O)(=O)C3)C(=O)CC2)c1. The van der Waals surface area contributed by atoms with Crippen LogP contribution in [0.25, 0.3) is 5.69 Å². The third-order valence-corrected chi connectivity index (χ3v) is 7.59. The Balaban J connectivity index is 1.63. The van der Waals surface area contributed by atoms with Crippen molar-refractivity contribution in [3.05, 3.63) is 41.6 Å². The molecule has 176 valence electrons. The molecule has 2 aliphatic heterocycles. The van der Waals surface area contributed by atoms with Crippen LogP contribution in [0.4, 0.5) is 5.82 Å². The third kappa shape index (κ3) is 5.00. The Morgan fingerprint density at radius 1 is 1.18 bits per heavy atom. The van der Waals surface area contributed by atoms with E-state index in [1.54, 1.807) is 4.68 Å². The topological polar surface area (TPSA) is 114 Å². The Hall–Kier alpha value is -3.01. The second-order valence-electron chi connectivity index (χ2n) is 9.71. The molecule has 1 fully saturated rings. The maximum Gasteiger partial charge on any atom is 0.273 e. The Labute approximate surface area is 193 Å². The molecule has 4 rings (SSSR count). The highest BCUT2D eigenvalue weighted by molar-refractivity contribution is 7.91. The van der Waals surface area contributed by atoms with Crippen LogP contribution in [0.2, 0.25) is 0 Å². The van der Waals surface area contributed by atoms with Gasteiger partial charge in [0.2, 0.25) is 5.91 Å². The number of benzene rings is 1. The number of nitrogens with one attached hydrogen (secondary N) is 1. The summed E-state index contributed by atoms with van der Waals surface area (Å²) in [5.74, 6) is -0.267. The zero-order valence-electron chi connectivity index (χ0n) is 19.3. The highest BCUT2D eigenvalue weighted by Gasteiger charge is 2.37. The summed E-state index contributed by atoms with van der Waals surface area (Å²) in [7, 11) is -3.18. The van der Waals surface area contributed by atoms with Crippen LogP contribution in [0, 0.1) is 6.92 Å². The quantitative estimate of drug-likeness (QED) is 0.736. The molecule has 2 aliphatic rings. The normalized spacial score (nSPS) is 20.6. The van der Waals surface area contributed by atoms with E-state index in [9.17, 15) is 18.0 Å². The van der Waals surface area contributed by atoms with Gasteiger partial charge in [0.15, 0.2) is 9.84 Å². The van der Waals surface area contributed by atoms with Crippen molar-refractivity contribution in [1.29, 1.82) is 0 Å². The standard InChI is InChI=1S/C23H29N5O4S/c1-15-6-5-7-16(12-15)27-20(13-19(26-27)23(2,3)4)24-22(30)18-8-9-21(29)28(25-18)17-10-11-33(31,32)14-17/h5-7,12-13,17H,8-11,14H2,1-4H3,(H,24,30)/t17-/m1/s1. The fourth-order valence-electron chi connectivity index (χ4n) is 3.97. The molecule has 0 saturated carbocycles. The smallest absolute Gasteiger partial charge is 0.273 e. The molecule has 1 atom stereocenters. The molecule has 9 nitrogen and oxygen atoms in total. The van der Waals surface area contributed by atoms with Gasteiger partial charge in [-0.25, -0.2) is 18.1 Å². The van der Waals surface area contributed by atoms with Crippen molar-refractivity contribution in [2.24, 2.45) is 5.10 Å². The number of aromatic nitrogens is 2. The molecular formula is C23H29N5O4S. The average molecular weight is 472 g/mol. The number of carbonyl (C=O) groups is 2. The number of hydrazone groups is 1. The number of aryl methyl sites for hydroxylation is 1. The van der Waals surface area contributed by atoms with E-state index in [-0.39, 0.29) is 41.4 Å². The Bertz CT molecular complexity index is 1240. The number of hydrogen-bond acceptors (Lipinski definition) is 6. The van der Waals surface area contributed by atoms with Crippen LogP contribution in [0.5, 0.6) is 0 Å². The van der Waals surface area contributed by atoms with Gasteiger partial charge in [-0.15, -0.1) is 0 Å². The van der Waals surface area contributed by atoms with Crippen LogP contribution in [0.15, 0.2) is 35.4 Å². The highest BCUT2D eigenvalue weighted by Crippen LogP contribution is 2.27. The molecule has 0 radical (unpaired) electrons. The van der Waals surface area contributed by atoms with Gasteiger partial charge in [-0.2, -0.15) is 10.2 Å². The lowest BCUT2D eigenvalue weighted by atomic mass is 9.92. The van der Waals surface area contributed by atoms with E-state index >= 15 is 0 Å². The first kappa shape index (κ1) is 23.2. The lowest BCUT2D eigenvalue weighted by Crippen LogP contribution is -2.42.